The fourth-order valence-corrected chi connectivity index (χ4v) is 2.40. The van der Waals surface area contributed by atoms with E-state index in [-0.39, 0.29) is 5.91 Å². The third-order valence-corrected chi connectivity index (χ3v) is 3.69. The number of amides is 1. The van der Waals surface area contributed by atoms with Crippen LogP contribution in [0.15, 0.2) is 27.3 Å². The summed E-state index contributed by atoms with van der Waals surface area (Å²) in [5.41, 5.74) is 1.18. The molecule has 0 unspecified atom stereocenters. The van der Waals surface area contributed by atoms with Gasteiger partial charge in [-0.2, -0.15) is 0 Å². The minimum Gasteiger partial charge on any atom is -0.467 e. The number of carbonyl (C=O) groups excluding carboxylic acids is 1. The number of aryl methyl sites for hydroxylation is 1. The molecule has 118 valence electrons. The van der Waals surface area contributed by atoms with E-state index in [9.17, 15) is 4.79 Å². The highest BCUT2D eigenvalue weighted by Gasteiger charge is 2.22. The van der Waals surface area contributed by atoms with Crippen molar-refractivity contribution in [2.45, 2.75) is 20.0 Å². The van der Waals surface area contributed by atoms with Crippen molar-refractivity contribution in [2.24, 2.45) is 0 Å². The number of nitrogens with zero attached hydrogens (tertiary/aromatic N) is 2. The molecular formula is C15H19N3O4. The average molecular weight is 305 g/mol. The lowest BCUT2D eigenvalue weighted by Crippen LogP contribution is -2.36. The first kappa shape index (κ1) is 14.8. The smallest absolute Gasteiger partial charge is 0.274 e. The molecule has 1 amide bonds. The van der Waals surface area contributed by atoms with Gasteiger partial charge in [-0.15, -0.1) is 0 Å². The molecule has 1 fully saturated rings. The van der Waals surface area contributed by atoms with Gasteiger partial charge in [-0.05, 0) is 19.1 Å². The number of hydrogen-bond acceptors (Lipinski definition) is 6. The molecule has 0 bridgehead atoms. The summed E-state index contributed by atoms with van der Waals surface area (Å²) in [4.78, 5) is 14.5. The Hall–Kier alpha value is -2.12. The maximum atomic E-state index is 12.3. The Labute approximate surface area is 128 Å². The summed E-state index contributed by atoms with van der Waals surface area (Å²) < 4.78 is 15.7. The number of furan rings is 1. The quantitative estimate of drug-likeness (QED) is 0.898. The molecule has 1 aliphatic heterocycles. The van der Waals surface area contributed by atoms with Crippen molar-refractivity contribution in [1.82, 2.24) is 15.4 Å². The van der Waals surface area contributed by atoms with Crippen LogP contribution in [0.3, 0.4) is 0 Å². The zero-order valence-corrected chi connectivity index (χ0v) is 12.5. The van der Waals surface area contributed by atoms with Crippen molar-refractivity contribution >= 4 is 5.91 Å². The molecule has 3 heterocycles. The first-order chi connectivity index (χ1) is 10.7. The summed E-state index contributed by atoms with van der Waals surface area (Å²) in [7, 11) is 0. The fraction of sp³-hybridized carbons (Fsp3) is 0.467. The molecule has 0 aliphatic carbocycles. The molecule has 0 saturated carbocycles. The predicted molar refractivity (Wildman–Crippen MR) is 77.2 cm³/mol. The Morgan fingerprint density at radius 3 is 2.95 bits per heavy atom. The summed E-state index contributed by atoms with van der Waals surface area (Å²) in [5, 5.41) is 6.70. The Bertz CT molecular complexity index is 615. The van der Waals surface area contributed by atoms with Gasteiger partial charge >= 0.3 is 0 Å². The third kappa shape index (κ3) is 3.37. The van der Waals surface area contributed by atoms with Crippen LogP contribution in [0.1, 0.15) is 27.6 Å². The maximum Gasteiger partial charge on any atom is 0.274 e. The average Bonchev–Trinajstić information content (AvgIpc) is 3.17. The first-order valence-corrected chi connectivity index (χ1v) is 7.30. The summed E-state index contributed by atoms with van der Waals surface area (Å²) >= 11 is 0. The molecule has 3 rings (SSSR count). The number of rotatable bonds is 5. The molecule has 0 spiro atoms. The van der Waals surface area contributed by atoms with E-state index in [1.807, 2.05) is 13.0 Å². The van der Waals surface area contributed by atoms with Crippen LogP contribution < -0.4 is 5.32 Å². The van der Waals surface area contributed by atoms with Gasteiger partial charge in [0, 0.05) is 25.2 Å². The van der Waals surface area contributed by atoms with E-state index in [0.29, 0.717) is 43.5 Å². The minimum atomic E-state index is -0.253. The topological polar surface area (TPSA) is 80.7 Å². The summed E-state index contributed by atoms with van der Waals surface area (Å²) in [6.07, 6.45) is 1.57. The van der Waals surface area contributed by atoms with Crippen LogP contribution in [0.4, 0.5) is 0 Å². The van der Waals surface area contributed by atoms with E-state index in [2.05, 4.69) is 15.4 Å². The minimum absolute atomic E-state index is 0.253. The van der Waals surface area contributed by atoms with E-state index in [1.54, 1.807) is 12.3 Å². The number of morpholine rings is 1. The zero-order chi connectivity index (χ0) is 15.4. The van der Waals surface area contributed by atoms with Crippen molar-refractivity contribution in [3.8, 4) is 0 Å². The van der Waals surface area contributed by atoms with Crippen molar-refractivity contribution in [3.05, 3.63) is 41.2 Å². The fourth-order valence-electron chi connectivity index (χ4n) is 2.40. The van der Waals surface area contributed by atoms with Crippen molar-refractivity contribution < 1.29 is 18.5 Å². The highest BCUT2D eigenvalue weighted by molar-refractivity contribution is 5.93. The summed E-state index contributed by atoms with van der Waals surface area (Å²) in [5.74, 6) is 1.12. The third-order valence-electron chi connectivity index (χ3n) is 3.69. The number of ether oxygens (including phenoxy) is 1. The van der Waals surface area contributed by atoms with Crippen LogP contribution in [0, 0.1) is 6.92 Å². The molecule has 7 nitrogen and oxygen atoms in total. The highest BCUT2D eigenvalue weighted by Crippen LogP contribution is 2.17. The predicted octanol–water partition coefficient (Wildman–Crippen LogP) is 1.34. The molecular weight excluding hydrogens is 286 g/mol. The molecule has 1 saturated heterocycles. The van der Waals surface area contributed by atoms with E-state index in [1.165, 1.54) is 0 Å². The molecule has 2 aromatic heterocycles. The normalized spacial score (nSPS) is 15.9. The van der Waals surface area contributed by atoms with Crippen LogP contribution in [0.5, 0.6) is 0 Å². The lowest BCUT2D eigenvalue weighted by atomic mass is 10.1. The molecule has 1 N–H and O–H groups in total. The van der Waals surface area contributed by atoms with Gasteiger partial charge < -0.3 is 19.0 Å². The van der Waals surface area contributed by atoms with Gasteiger partial charge in [-0.3, -0.25) is 9.69 Å². The summed E-state index contributed by atoms with van der Waals surface area (Å²) in [6, 6.07) is 3.59. The molecule has 2 aromatic rings. The van der Waals surface area contributed by atoms with Gasteiger partial charge in [0.05, 0.1) is 26.0 Å². The maximum absolute atomic E-state index is 12.3. The van der Waals surface area contributed by atoms with Gasteiger partial charge in [0.1, 0.15) is 11.5 Å². The van der Waals surface area contributed by atoms with Crippen LogP contribution in [-0.4, -0.2) is 42.3 Å². The van der Waals surface area contributed by atoms with Gasteiger partial charge in [0.25, 0.3) is 5.91 Å². The van der Waals surface area contributed by atoms with Crippen LogP contribution >= 0.6 is 0 Å². The number of carbonyl (C=O) groups is 1. The second-order valence-electron chi connectivity index (χ2n) is 5.22. The van der Waals surface area contributed by atoms with Crippen molar-refractivity contribution in [2.75, 3.05) is 26.3 Å². The van der Waals surface area contributed by atoms with Crippen LogP contribution in [0.2, 0.25) is 0 Å². The molecule has 0 radical (unpaired) electrons. The van der Waals surface area contributed by atoms with Gasteiger partial charge in [0.2, 0.25) is 0 Å². The molecule has 0 aromatic carbocycles. The van der Waals surface area contributed by atoms with E-state index in [0.717, 1.165) is 18.7 Å². The lowest BCUT2D eigenvalue weighted by Gasteiger charge is -2.26. The van der Waals surface area contributed by atoms with E-state index >= 15 is 0 Å². The molecule has 7 heteroatoms. The van der Waals surface area contributed by atoms with Crippen molar-refractivity contribution in [1.29, 1.82) is 0 Å². The second kappa shape index (κ2) is 6.76. The summed E-state index contributed by atoms with van der Waals surface area (Å²) in [6.45, 7) is 5.91. The SMILES string of the molecule is Cc1onc(C(=O)NCc2ccco2)c1CN1CCOCC1. The van der Waals surface area contributed by atoms with E-state index < -0.39 is 0 Å². The Kier molecular flexibility index (Phi) is 4.55. The number of nitrogens with one attached hydrogen (secondary N) is 1. The Morgan fingerprint density at radius 1 is 1.41 bits per heavy atom. The lowest BCUT2D eigenvalue weighted by molar-refractivity contribution is 0.0339. The van der Waals surface area contributed by atoms with Crippen molar-refractivity contribution in [3.63, 3.8) is 0 Å². The van der Waals surface area contributed by atoms with Gasteiger partial charge in [0.15, 0.2) is 5.69 Å². The second-order valence-corrected chi connectivity index (χ2v) is 5.22. The highest BCUT2D eigenvalue weighted by atomic mass is 16.5. The zero-order valence-electron chi connectivity index (χ0n) is 12.5. The molecule has 0 atom stereocenters. The molecule has 22 heavy (non-hydrogen) atoms. The van der Waals surface area contributed by atoms with Crippen LogP contribution in [-0.2, 0) is 17.8 Å². The van der Waals surface area contributed by atoms with Crippen LogP contribution in [0.25, 0.3) is 0 Å². The van der Waals surface area contributed by atoms with E-state index in [4.69, 9.17) is 13.7 Å². The van der Waals surface area contributed by atoms with Gasteiger partial charge in [-0.25, -0.2) is 0 Å². The monoisotopic (exact) mass is 305 g/mol. The Balaban J connectivity index is 1.66. The largest absolute Gasteiger partial charge is 0.467 e. The first-order valence-electron chi connectivity index (χ1n) is 7.30. The molecule has 1 aliphatic rings. The number of hydrogen-bond donors (Lipinski definition) is 1. The standard InChI is InChI=1S/C15H19N3O4/c1-11-13(10-18-4-7-20-8-5-18)14(17-22-11)15(19)16-9-12-3-2-6-21-12/h2-3,6H,4-5,7-10H2,1H3,(H,16,19). The van der Waals surface area contributed by atoms with Gasteiger partial charge in [-0.1, -0.05) is 5.16 Å². The Morgan fingerprint density at radius 2 is 2.23 bits per heavy atom. The number of aromatic nitrogens is 1.